The van der Waals surface area contributed by atoms with Crippen LogP contribution in [0.3, 0.4) is 0 Å². The van der Waals surface area contributed by atoms with Crippen molar-refractivity contribution in [1.29, 1.82) is 0 Å². The van der Waals surface area contributed by atoms with Crippen molar-refractivity contribution in [2.75, 3.05) is 6.54 Å². The van der Waals surface area contributed by atoms with Crippen LogP contribution in [0, 0.1) is 6.92 Å². The number of nitrogens with one attached hydrogen (secondary N) is 2. The van der Waals surface area contributed by atoms with E-state index in [0.29, 0.717) is 19.6 Å². The van der Waals surface area contributed by atoms with Crippen LogP contribution in [0.25, 0.3) is 11.3 Å². The lowest BCUT2D eigenvalue weighted by atomic mass is 10.2. The highest BCUT2D eigenvalue weighted by molar-refractivity contribution is 7.09. The third-order valence-electron chi connectivity index (χ3n) is 3.55. The smallest absolute Gasteiger partial charge is 0.315 e. The van der Waals surface area contributed by atoms with Crippen molar-refractivity contribution in [3.63, 3.8) is 0 Å². The molecule has 2 N–H and O–H groups in total. The fraction of sp³-hybridized carbons (Fsp3) is 0.235. The van der Waals surface area contributed by atoms with Gasteiger partial charge in [-0.1, -0.05) is 6.07 Å². The van der Waals surface area contributed by atoms with Gasteiger partial charge in [0.1, 0.15) is 0 Å². The third-order valence-corrected chi connectivity index (χ3v) is 4.43. The van der Waals surface area contributed by atoms with Crippen molar-refractivity contribution >= 4 is 17.4 Å². The SMILES string of the molecule is Cc1cc(-c2cccnc2)nn1CCNC(=O)NCc1cccs1. The first-order valence-corrected chi connectivity index (χ1v) is 8.59. The average Bonchev–Trinajstić information content (AvgIpc) is 3.24. The minimum atomic E-state index is -0.166. The number of rotatable bonds is 6. The number of aryl methyl sites for hydroxylation is 1. The Hall–Kier alpha value is -2.67. The van der Waals surface area contributed by atoms with Gasteiger partial charge in [0.15, 0.2) is 0 Å². The second-order valence-electron chi connectivity index (χ2n) is 5.32. The number of nitrogens with zero attached hydrogens (tertiary/aromatic N) is 3. The van der Waals surface area contributed by atoms with Gasteiger partial charge in [0, 0.05) is 35.1 Å². The molecule has 0 unspecified atom stereocenters. The van der Waals surface area contributed by atoms with Crippen molar-refractivity contribution in [2.45, 2.75) is 20.0 Å². The molecule has 0 aliphatic rings. The van der Waals surface area contributed by atoms with Crippen molar-refractivity contribution < 1.29 is 4.79 Å². The zero-order chi connectivity index (χ0) is 16.8. The largest absolute Gasteiger partial charge is 0.336 e. The molecular formula is C17H19N5OS. The highest BCUT2D eigenvalue weighted by Gasteiger charge is 2.07. The van der Waals surface area contributed by atoms with Crippen molar-refractivity contribution in [3.05, 3.63) is 58.7 Å². The molecule has 0 aliphatic heterocycles. The van der Waals surface area contributed by atoms with Crippen LogP contribution in [0.5, 0.6) is 0 Å². The fourth-order valence-corrected chi connectivity index (χ4v) is 2.95. The Balaban J connectivity index is 1.48. The van der Waals surface area contributed by atoms with E-state index in [1.54, 1.807) is 23.7 Å². The molecule has 0 spiro atoms. The molecule has 24 heavy (non-hydrogen) atoms. The highest BCUT2D eigenvalue weighted by Crippen LogP contribution is 2.17. The van der Waals surface area contributed by atoms with Crippen LogP contribution in [0.1, 0.15) is 10.6 Å². The summed E-state index contributed by atoms with van der Waals surface area (Å²) in [6.45, 7) is 3.70. The molecule has 6 nitrogen and oxygen atoms in total. The van der Waals surface area contributed by atoms with Crippen molar-refractivity contribution in [1.82, 2.24) is 25.4 Å². The Kier molecular flexibility index (Phi) is 5.22. The van der Waals surface area contributed by atoms with E-state index < -0.39 is 0 Å². The van der Waals surface area contributed by atoms with E-state index in [1.807, 2.05) is 47.3 Å². The van der Waals surface area contributed by atoms with E-state index in [1.165, 1.54) is 0 Å². The summed E-state index contributed by atoms with van der Waals surface area (Å²) in [6, 6.07) is 9.70. The van der Waals surface area contributed by atoms with Gasteiger partial charge in [-0.05, 0) is 36.6 Å². The number of thiophene rings is 1. The summed E-state index contributed by atoms with van der Waals surface area (Å²) in [6.07, 6.45) is 3.54. The van der Waals surface area contributed by atoms with Gasteiger partial charge >= 0.3 is 6.03 Å². The first kappa shape index (κ1) is 16.2. The van der Waals surface area contributed by atoms with Gasteiger partial charge in [-0.3, -0.25) is 9.67 Å². The Labute approximate surface area is 144 Å². The molecule has 3 rings (SSSR count). The molecule has 0 aliphatic carbocycles. The molecule has 3 aromatic heterocycles. The number of hydrogen-bond donors (Lipinski definition) is 2. The molecule has 0 atom stereocenters. The Morgan fingerprint density at radius 3 is 2.96 bits per heavy atom. The predicted molar refractivity (Wildman–Crippen MR) is 94.8 cm³/mol. The van der Waals surface area contributed by atoms with Gasteiger partial charge in [0.25, 0.3) is 0 Å². The quantitative estimate of drug-likeness (QED) is 0.724. The van der Waals surface area contributed by atoms with Crippen LogP contribution in [-0.2, 0) is 13.1 Å². The van der Waals surface area contributed by atoms with Crippen LogP contribution in [0.2, 0.25) is 0 Å². The Morgan fingerprint density at radius 1 is 1.29 bits per heavy atom. The van der Waals surface area contributed by atoms with Crippen LogP contribution in [0.15, 0.2) is 48.1 Å². The van der Waals surface area contributed by atoms with Gasteiger partial charge < -0.3 is 10.6 Å². The second kappa shape index (κ2) is 7.74. The Morgan fingerprint density at radius 2 is 2.21 bits per heavy atom. The Bertz CT molecular complexity index is 783. The molecule has 124 valence electrons. The maximum atomic E-state index is 11.8. The van der Waals surface area contributed by atoms with Gasteiger partial charge in [0.2, 0.25) is 0 Å². The van der Waals surface area contributed by atoms with Crippen LogP contribution < -0.4 is 10.6 Å². The normalized spacial score (nSPS) is 10.5. The molecule has 3 heterocycles. The monoisotopic (exact) mass is 341 g/mol. The molecule has 0 fully saturated rings. The average molecular weight is 341 g/mol. The lowest BCUT2D eigenvalue weighted by Crippen LogP contribution is -2.36. The maximum absolute atomic E-state index is 11.8. The van der Waals surface area contributed by atoms with Crippen LogP contribution >= 0.6 is 11.3 Å². The molecule has 3 aromatic rings. The first-order chi connectivity index (χ1) is 11.7. The number of urea groups is 1. The number of aromatic nitrogens is 3. The van der Waals surface area contributed by atoms with E-state index in [4.69, 9.17) is 0 Å². The number of carbonyl (C=O) groups excluding carboxylic acids is 1. The number of hydrogen-bond acceptors (Lipinski definition) is 4. The van der Waals surface area contributed by atoms with E-state index in [-0.39, 0.29) is 6.03 Å². The first-order valence-electron chi connectivity index (χ1n) is 7.71. The molecule has 7 heteroatoms. The summed E-state index contributed by atoms with van der Waals surface area (Å²) in [7, 11) is 0. The van der Waals surface area contributed by atoms with Gasteiger partial charge in [-0.15, -0.1) is 11.3 Å². The zero-order valence-electron chi connectivity index (χ0n) is 13.4. The van der Waals surface area contributed by atoms with Crippen molar-refractivity contribution in [3.8, 4) is 11.3 Å². The summed E-state index contributed by atoms with van der Waals surface area (Å²) in [5.74, 6) is 0. The zero-order valence-corrected chi connectivity index (χ0v) is 14.2. The maximum Gasteiger partial charge on any atom is 0.315 e. The van der Waals surface area contributed by atoms with E-state index in [9.17, 15) is 4.79 Å². The minimum absolute atomic E-state index is 0.166. The van der Waals surface area contributed by atoms with E-state index in [2.05, 4.69) is 20.7 Å². The third kappa shape index (κ3) is 4.20. The number of pyridine rings is 1. The summed E-state index contributed by atoms with van der Waals surface area (Å²) >= 11 is 1.63. The highest BCUT2D eigenvalue weighted by atomic mass is 32.1. The second-order valence-corrected chi connectivity index (χ2v) is 6.36. The molecule has 0 aromatic carbocycles. The lowest BCUT2D eigenvalue weighted by Gasteiger charge is -2.08. The summed E-state index contributed by atoms with van der Waals surface area (Å²) in [4.78, 5) is 17.0. The van der Waals surface area contributed by atoms with Gasteiger partial charge in [-0.25, -0.2) is 4.79 Å². The standard InChI is InChI=1S/C17H19N5OS/c1-13-10-16(14-4-2-6-18-11-14)21-22(13)8-7-19-17(23)20-12-15-5-3-9-24-15/h2-6,9-11H,7-8,12H2,1H3,(H2,19,20,23). The minimum Gasteiger partial charge on any atom is -0.336 e. The van der Waals surface area contributed by atoms with Crippen molar-refractivity contribution in [2.24, 2.45) is 0 Å². The van der Waals surface area contributed by atoms with Gasteiger partial charge in [0.05, 0.1) is 18.8 Å². The lowest BCUT2D eigenvalue weighted by molar-refractivity contribution is 0.240. The molecular weight excluding hydrogens is 322 g/mol. The van der Waals surface area contributed by atoms with E-state index in [0.717, 1.165) is 21.8 Å². The molecule has 0 radical (unpaired) electrons. The summed E-state index contributed by atoms with van der Waals surface area (Å²) < 4.78 is 1.89. The summed E-state index contributed by atoms with van der Waals surface area (Å²) in [5.41, 5.74) is 2.93. The van der Waals surface area contributed by atoms with E-state index >= 15 is 0 Å². The summed E-state index contributed by atoms with van der Waals surface area (Å²) in [5, 5.41) is 12.3. The number of carbonyl (C=O) groups is 1. The predicted octanol–water partition coefficient (Wildman–Crippen LogP) is 2.81. The molecule has 0 bridgehead atoms. The molecule has 2 amide bonds. The van der Waals surface area contributed by atoms with Crippen LogP contribution in [0.4, 0.5) is 4.79 Å². The molecule has 0 saturated heterocycles. The number of amides is 2. The van der Waals surface area contributed by atoms with Gasteiger partial charge in [-0.2, -0.15) is 5.10 Å². The van der Waals surface area contributed by atoms with Crippen LogP contribution in [-0.4, -0.2) is 27.3 Å². The topological polar surface area (TPSA) is 71.8 Å². The molecule has 0 saturated carbocycles. The fourth-order valence-electron chi connectivity index (χ4n) is 2.31.